The van der Waals surface area contributed by atoms with Crippen molar-refractivity contribution in [2.75, 3.05) is 6.61 Å². The van der Waals surface area contributed by atoms with Gasteiger partial charge in [0, 0.05) is 19.5 Å². The van der Waals surface area contributed by atoms with Crippen LogP contribution in [0.4, 0.5) is 0 Å². The van der Waals surface area contributed by atoms with Crippen LogP contribution in [-0.4, -0.2) is 22.1 Å². The first-order valence-corrected chi connectivity index (χ1v) is 8.60. The first kappa shape index (κ1) is 17.7. The fourth-order valence-corrected chi connectivity index (χ4v) is 2.65. The highest BCUT2D eigenvalue weighted by atomic mass is 16.5. The molecule has 0 aliphatic rings. The summed E-state index contributed by atoms with van der Waals surface area (Å²) in [6.07, 6.45) is 1.71. The van der Waals surface area contributed by atoms with Gasteiger partial charge in [-0.05, 0) is 36.8 Å². The molecule has 0 aliphatic carbocycles. The van der Waals surface area contributed by atoms with E-state index in [1.165, 1.54) is 10.9 Å². The van der Waals surface area contributed by atoms with Gasteiger partial charge in [0.2, 0.25) is 5.91 Å². The highest BCUT2D eigenvalue weighted by molar-refractivity contribution is 5.77. The molecule has 1 amide bonds. The molecule has 0 fully saturated rings. The van der Waals surface area contributed by atoms with E-state index in [9.17, 15) is 9.59 Å². The van der Waals surface area contributed by atoms with Gasteiger partial charge in [-0.2, -0.15) is 0 Å². The van der Waals surface area contributed by atoms with E-state index in [4.69, 9.17) is 4.74 Å². The third-order valence-electron chi connectivity index (χ3n) is 4.04. The van der Waals surface area contributed by atoms with Gasteiger partial charge in [-0.1, -0.05) is 24.3 Å². The Kier molecular flexibility index (Phi) is 5.63. The van der Waals surface area contributed by atoms with Gasteiger partial charge in [0.15, 0.2) is 0 Å². The van der Waals surface area contributed by atoms with E-state index in [1.807, 2.05) is 37.3 Å². The number of aromatic nitrogens is 2. The molecule has 0 spiro atoms. The number of nitrogens with zero attached hydrogens (tertiary/aromatic N) is 2. The van der Waals surface area contributed by atoms with Crippen molar-refractivity contribution in [2.45, 2.75) is 26.4 Å². The molecule has 1 heterocycles. The van der Waals surface area contributed by atoms with Crippen molar-refractivity contribution >= 4 is 16.8 Å². The van der Waals surface area contributed by atoms with Gasteiger partial charge in [-0.25, -0.2) is 4.98 Å². The summed E-state index contributed by atoms with van der Waals surface area (Å²) in [5.41, 5.74) is 1.52. The summed E-state index contributed by atoms with van der Waals surface area (Å²) in [6, 6.07) is 14.8. The van der Waals surface area contributed by atoms with Gasteiger partial charge >= 0.3 is 0 Å². The summed E-state index contributed by atoms with van der Waals surface area (Å²) in [5.74, 6) is 0.699. The maximum Gasteiger partial charge on any atom is 0.261 e. The van der Waals surface area contributed by atoms with Gasteiger partial charge in [-0.15, -0.1) is 0 Å². The van der Waals surface area contributed by atoms with Crippen molar-refractivity contribution in [2.24, 2.45) is 0 Å². The number of ether oxygens (including phenoxy) is 1. The fourth-order valence-electron chi connectivity index (χ4n) is 2.65. The van der Waals surface area contributed by atoms with Crippen LogP contribution in [0.3, 0.4) is 0 Å². The van der Waals surface area contributed by atoms with Crippen LogP contribution in [0.25, 0.3) is 10.9 Å². The maximum absolute atomic E-state index is 12.4. The molecule has 3 rings (SSSR count). The van der Waals surface area contributed by atoms with E-state index in [0.29, 0.717) is 30.6 Å². The van der Waals surface area contributed by atoms with E-state index < -0.39 is 0 Å². The Morgan fingerprint density at radius 3 is 2.69 bits per heavy atom. The topological polar surface area (TPSA) is 73.2 Å². The van der Waals surface area contributed by atoms with Crippen LogP contribution in [-0.2, 0) is 17.9 Å². The fraction of sp³-hybridized carbons (Fsp3) is 0.250. The Morgan fingerprint density at radius 1 is 1.15 bits per heavy atom. The lowest BCUT2D eigenvalue weighted by molar-refractivity contribution is -0.121. The zero-order valence-corrected chi connectivity index (χ0v) is 14.6. The average Bonchev–Trinajstić information content (AvgIpc) is 2.67. The van der Waals surface area contributed by atoms with Crippen LogP contribution >= 0.6 is 0 Å². The summed E-state index contributed by atoms with van der Waals surface area (Å²) in [6.45, 7) is 3.30. The lowest BCUT2D eigenvalue weighted by atomic mass is 10.2. The van der Waals surface area contributed by atoms with Crippen LogP contribution in [0.15, 0.2) is 59.7 Å². The molecule has 1 N–H and O–H groups in total. The minimum absolute atomic E-state index is 0.112. The SMILES string of the molecule is CCOc1ccc(CNC(=O)CCn2cnc3ccccc3c2=O)cc1. The van der Waals surface area contributed by atoms with Gasteiger partial charge < -0.3 is 10.1 Å². The summed E-state index contributed by atoms with van der Waals surface area (Å²) in [4.78, 5) is 28.7. The number of amides is 1. The molecule has 2 aromatic carbocycles. The molecular formula is C20H21N3O3. The maximum atomic E-state index is 12.4. The molecule has 0 bridgehead atoms. The minimum atomic E-state index is -0.130. The lowest BCUT2D eigenvalue weighted by Gasteiger charge is -2.08. The molecule has 1 aromatic heterocycles. The molecular weight excluding hydrogens is 330 g/mol. The Balaban J connectivity index is 1.54. The summed E-state index contributed by atoms with van der Waals surface area (Å²) in [5, 5.41) is 3.42. The smallest absolute Gasteiger partial charge is 0.261 e. The zero-order chi connectivity index (χ0) is 18.4. The standard InChI is InChI=1S/C20H21N3O3/c1-2-26-16-9-7-15(8-10-16)13-21-19(24)11-12-23-14-22-18-6-4-3-5-17(18)20(23)25/h3-10,14H,2,11-13H2,1H3,(H,21,24). The van der Waals surface area contributed by atoms with E-state index in [-0.39, 0.29) is 17.9 Å². The molecule has 0 saturated heterocycles. The monoisotopic (exact) mass is 351 g/mol. The minimum Gasteiger partial charge on any atom is -0.494 e. The number of aryl methyl sites for hydroxylation is 1. The van der Waals surface area contributed by atoms with Crippen LogP contribution in [0.2, 0.25) is 0 Å². The van der Waals surface area contributed by atoms with E-state index in [2.05, 4.69) is 10.3 Å². The molecule has 0 radical (unpaired) electrons. The second-order valence-corrected chi connectivity index (χ2v) is 5.86. The molecule has 6 nitrogen and oxygen atoms in total. The number of hydrogen-bond donors (Lipinski definition) is 1. The van der Waals surface area contributed by atoms with Crippen LogP contribution < -0.4 is 15.6 Å². The van der Waals surface area contributed by atoms with Crippen molar-refractivity contribution in [3.8, 4) is 5.75 Å². The molecule has 0 aliphatic heterocycles. The summed E-state index contributed by atoms with van der Waals surface area (Å²) < 4.78 is 6.86. The highest BCUT2D eigenvalue weighted by Crippen LogP contribution is 2.12. The lowest BCUT2D eigenvalue weighted by Crippen LogP contribution is -2.27. The highest BCUT2D eigenvalue weighted by Gasteiger charge is 2.06. The van der Waals surface area contributed by atoms with Crippen LogP contribution in [0.5, 0.6) is 5.75 Å². The quantitative estimate of drug-likeness (QED) is 0.710. The first-order chi connectivity index (χ1) is 12.7. The number of carbonyl (C=O) groups excluding carboxylic acids is 1. The first-order valence-electron chi connectivity index (χ1n) is 8.60. The van der Waals surface area contributed by atoms with Gasteiger partial charge in [0.1, 0.15) is 5.75 Å². The van der Waals surface area contributed by atoms with Gasteiger partial charge in [0.05, 0.1) is 23.8 Å². The van der Waals surface area contributed by atoms with Gasteiger partial charge in [-0.3, -0.25) is 14.2 Å². The van der Waals surface area contributed by atoms with Crippen LogP contribution in [0.1, 0.15) is 18.9 Å². The van der Waals surface area contributed by atoms with Crippen molar-refractivity contribution in [1.29, 1.82) is 0 Å². The predicted molar refractivity (Wildman–Crippen MR) is 100 cm³/mol. The van der Waals surface area contributed by atoms with E-state index >= 15 is 0 Å². The number of carbonyl (C=O) groups is 1. The molecule has 6 heteroatoms. The molecule has 0 unspecified atom stereocenters. The predicted octanol–water partition coefficient (Wildman–Crippen LogP) is 2.50. The number of para-hydroxylation sites is 1. The largest absolute Gasteiger partial charge is 0.494 e. The van der Waals surface area contributed by atoms with E-state index in [0.717, 1.165) is 11.3 Å². The van der Waals surface area contributed by atoms with E-state index in [1.54, 1.807) is 18.2 Å². The number of fused-ring (bicyclic) bond motifs is 1. The average molecular weight is 351 g/mol. The number of benzene rings is 2. The third kappa shape index (κ3) is 4.27. The molecule has 134 valence electrons. The van der Waals surface area contributed by atoms with Crippen molar-refractivity contribution in [1.82, 2.24) is 14.9 Å². The summed E-state index contributed by atoms with van der Waals surface area (Å²) >= 11 is 0. The zero-order valence-electron chi connectivity index (χ0n) is 14.6. The Bertz CT molecular complexity index is 948. The Hall–Kier alpha value is -3.15. The number of nitrogens with one attached hydrogen (secondary N) is 1. The Labute approximate surface area is 151 Å². The van der Waals surface area contributed by atoms with Crippen LogP contribution in [0, 0.1) is 0 Å². The third-order valence-corrected chi connectivity index (χ3v) is 4.04. The number of hydrogen-bond acceptors (Lipinski definition) is 4. The Morgan fingerprint density at radius 2 is 1.92 bits per heavy atom. The van der Waals surface area contributed by atoms with Crippen molar-refractivity contribution < 1.29 is 9.53 Å². The molecule has 3 aromatic rings. The normalized spacial score (nSPS) is 10.7. The van der Waals surface area contributed by atoms with Crippen molar-refractivity contribution in [3.63, 3.8) is 0 Å². The summed E-state index contributed by atoms with van der Waals surface area (Å²) in [7, 11) is 0. The second-order valence-electron chi connectivity index (χ2n) is 5.86. The molecule has 26 heavy (non-hydrogen) atoms. The second kappa shape index (κ2) is 8.29. The number of rotatable bonds is 7. The molecule has 0 saturated carbocycles. The van der Waals surface area contributed by atoms with Crippen molar-refractivity contribution in [3.05, 3.63) is 70.8 Å². The molecule has 0 atom stereocenters. The van der Waals surface area contributed by atoms with Gasteiger partial charge in [0.25, 0.3) is 5.56 Å².